The molecule has 1 aliphatic carbocycles. The molecule has 0 bridgehead atoms. The van der Waals surface area contributed by atoms with Crippen molar-refractivity contribution in [2.24, 2.45) is 5.73 Å². The van der Waals surface area contributed by atoms with E-state index in [1.54, 1.807) is 0 Å². The van der Waals surface area contributed by atoms with E-state index < -0.39 is 0 Å². The van der Waals surface area contributed by atoms with Crippen molar-refractivity contribution in [1.82, 2.24) is 0 Å². The summed E-state index contributed by atoms with van der Waals surface area (Å²) in [5.41, 5.74) is 6.32. The van der Waals surface area contributed by atoms with Gasteiger partial charge in [0.1, 0.15) is 25.4 Å². The third-order valence-electron chi connectivity index (χ3n) is 1.73. The van der Waals surface area contributed by atoms with Crippen LogP contribution < -0.4 is 5.73 Å². The first-order chi connectivity index (χ1) is 7.33. The Balaban J connectivity index is 0.000000151. The highest BCUT2D eigenvalue weighted by Crippen LogP contribution is 2.03. The maximum atomic E-state index is 8.38. The standard InChI is InChI=1S/C6H9N.C5H6O3/c7-6-4-2-1-3-5-6;6-3-5-4-7-1-2-8-5/h2,4-5H,1,3,7H2;1-2,4,6H,3H2. The first-order valence-corrected chi connectivity index (χ1v) is 4.72. The zero-order valence-electron chi connectivity index (χ0n) is 8.43. The van der Waals surface area contributed by atoms with E-state index in [9.17, 15) is 0 Å². The minimum absolute atomic E-state index is 0.121. The topological polar surface area (TPSA) is 64.7 Å². The molecule has 15 heavy (non-hydrogen) atoms. The van der Waals surface area contributed by atoms with Gasteiger partial charge in [0.2, 0.25) is 0 Å². The molecule has 4 heteroatoms. The zero-order chi connectivity index (χ0) is 10.9. The summed E-state index contributed by atoms with van der Waals surface area (Å²) >= 11 is 0. The van der Waals surface area contributed by atoms with Crippen LogP contribution in [0.15, 0.2) is 48.5 Å². The third-order valence-corrected chi connectivity index (χ3v) is 1.73. The highest BCUT2D eigenvalue weighted by Gasteiger charge is 1.95. The largest absolute Gasteiger partial charge is 0.466 e. The molecule has 0 aromatic carbocycles. The lowest BCUT2D eigenvalue weighted by Crippen LogP contribution is -1.95. The lowest BCUT2D eigenvalue weighted by molar-refractivity contribution is 0.194. The second-order valence-electron chi connectivity index (χ2n) is 2.95. The molecule has 4 nitrogen and oxygen atoms in total. The molecule has 1 heterocycles. The van der Waals surface area contributed by atoms with Gasteiger partial charge < -0.3 is 20.3 Å². The Morgan fingerprint density at radius 1 is 1.33 bits per heavy atom. The van der Waals surface area contributed by atoms with Crippen LogP contribution in [0.4, 0.5) is 0 Å². The van der Waals surface area contributed by atoms with Crippen LogP contribution in [0.2, 0.25) is 0 Å². The van der Waals surface area contributed by atoms with E-state index in [4.69, 9.17) is 15.6 Å². The minimum Gasteiger partial charge on any atom is -0.466 e. The van der Waals surface area contributed by atoms with E-state index >= 15 is 0 Å². The molecule has 0 radical (unpaired) electrons. The van der Waals surface area contributed by atoms with Gasteiger partial charge in [-0.15, -0.1) is 0 Å². The van der Waals surface area contributed by atoms with Crippen LogP contribution in [0, 0.1) is 0 Å². The average Bonchev–Trinajstić information content (AvgIpc) is 2.32. The van der Waals surface area contributed by atoms with Crippen molar-refractivity contribution in [1.29, 1.82) is 0 Å². The summed E-state index contributed by atoms with van der Waals surface area (Å²) in [6, 6.07) is 0. The molecule has 0 amide bonds. The van der Waals surface area contributed by atoms with Crippen molar-refractivity contribution >= 4 is 0 Å². The van der Waals surface area contributed by atoms with Gasteiger partial charge in [-0.25, -0.2) is 0 Å². The minimum atomic E-state index is -0.121. The molecule has 3 N–H and O–H groups in total. The Morgan fingerprint density at radius 3 is 2.53 bits per heavy atom. The predicted octanol–water partition coefficient (Wildman–Crippen LogP) is 1.52. The molecule has 1 aliphatic heterocycles. The first kappa shape index (κ1) is 11.4. The maximum absolute atomic E-state index is 8.38. The Kier molecular flexibility index (Phi) is 5.11. The Hall–Kier alpha value is -1.68. The first-order valence-electron chi connectivity index (χ1n) is 4.72. The lowest BCUT2D eigenvalue weighted by Gasteiger charge is -2.05. The van der Waals surface area contributed by atoms with Crippen molar-refractivity contribution in [3.63, 3.8) is 0 Å². The number of allylic oxidation sites excluding steroid dienone is 3. The van der Waals surface area contributed by atoms with Crippen LogP contribution in [0.25, 0.3) is 0 Å². The fourth-order valence-corrected chi connectivity index (χ4v) is 0.998. The fraction of sp³-hybridized carbons (Fsp3) is 0.273. The van der Waals surface area contributed by atoms with E-state index in [2.05, 4.69) is 10.8 Å². The molecule has 0 fully saturated rings. The van der Waals surface area contributed by atoms with Crippen LogP contribution in [-0.4, -0.2) is 11.7 Å². The fourth-order valence-electron chi connectivity index (χ4n) is 0.998. The van der Waals surface area contributed by atoms with Gasteiger partial charge in [0.05, 0.1) is 0 Å². The summed E-state index contributed by atoms with van der Waals surface area (Å²) < 4.78 is 9.38. The number of aliphatic hydroxyl groups excluding tert-OH is 1. The van der Waals surface area contributed by atoms with Gasteiger partial charge in [-0.2, -0.15) is 0 Å². The van der Waals surface area contributed by atoms with Crippen LogP contribution >= 0.6 is 0 Å². The van der Waals surface area contributed by atoms with E-state index in [0.717, 1.165) is 18.5 Å². The summed E-state index contributed by atoms with van der Waals surface area (Å²) in [5, 5.41) is 8.38. The highest BCUT2D eigenvalue weighted by molar-refractivity contribution is 5.17. The SMILES string of the molecule is NC1=CCCC=C1.OCC1=COC=CO1. The summed E-state index contributed by atoms with van der Waals surface area (Å²) in [7, 11) is 0. The van der Waals surface area contributed by atoms with Gasteiger partial charge >= 0.3 is 0 Å². The van der Waals surface area contributed by atoms with Crippen molar-refractivity contribution < 1.29 is 14.6 Å². The summed E-state index contributed by atoms with van der Waals surface area (Å²) in [6.07, 6.45) is 12.5. The van der Waals surface area contributed by atoms with Gasteiger partial charge in [-0.3, -0.25) is 0 Å². The van der Waals surface area contributed by atoms with Crippen LogP contribution in [-0.2, 0) is 9.47 Å². The van der Waals surface area contributed by atoms with Gasteiger partial charge in [-0.1, -0.05) is 12.2 Å². The molecule has 0 unspecified atom stereocenters. The molecule has 0 atom stereocenters. The monoisotopic (exact) mass is 209 g/mol. The molecule has 2 aliphatic rings. The van der Waals surface area contributed by atoms with Gasteiger partial charge in [0, 0.05) is 5.70 Å². The van der Waals surface area contributed by atoms with E-state index in [0.29, 0.717) is 5.76 Å². The Bertz CT molecular complexity index is 303. The maximum Gasteiger partial charge on any atom is 0.164 e. The van der Waals surface area contributed by atoms with Gasteiger partial charge in [0.15, 0.2) is 5.76 Å². The molecular weight excluding hydrogens is 194 g/mol. The van der Waals surface area contributed by atoms with Crippen LogP contribution in [0.5, 0.6) is 0 Å². The van der Waals surface area contributed by atoms with E-state index in [1.807, 2.05) is 12.2 Å². The molecule has 0 aromatic heterocycles. The number of rotatable bonds is 1. The molecule has 0 saturated heterocycles. The second kappa shape index (κ2) is 6.73. The predicted molar refractivity (Wildman–Crippen MR) is 57.1 cm³/mol. The number of hydrogen-bond acceptors (Lipinski definition) is 4. The molecular formula is C11H15NO3. The Labute approximate surface area is 89.0 Å². The number of nitrogens with two attached hydrogens (primary N) is 1. The second-order valence-corrected chi connectivity index (χ2v) is 2.95. The number of ether oxygens (including phenoxy) is 2. The van der Waals surface area contributed by atoms with Gasteiger partial charge in [-0.05, 0) is 18.9 Å². The van der Waals surface area contributed by atoms with Crippen LogP contribution in [0.1, 0.15) is 12.8 Å². The molecule has 2 rings (SSSR count). The smallest absolute Gasteiger partial charge is 0.164 e. The summed E-state index contributed by atoms with van der Waals surface area (Å²) in [5.74, 6) is 0.424. The quantitative estimate of drug-likeness (QED) is 0.687. The zero-order valence-corrected chi connectivity index (χ0v) is 8.43. The molecule has 82 valence electrons. The third kappa shape index (κ3) is 4.93. The molecule has 0 saturated carbocycles. The van der Waals surface area contributed by atoms with Crippen molar-refractivity contribution in [3.05, 3.63) is 48.5 Å². The summed E-state index contributed by atoms with van der Waals surface area (Å²) in [6.45, 7) is -0.121. The lowest BCUT2D eigenvalue weighted by atomic mass is 10.2. The number of aliphatic hydroxyl groups is 1. The highest BCUT2D eigenvalue weighted by atomic mass is 16.5. The van der Waals surface area contributed by atoms with Crippen LogP contribution in [0.3, 0.4) is 0 Å². The average molecular weight is 209 g/mol. The van der Waals surface area contributed by atoms with Crippen molar-refractivity contribution in [2.75, 3.05) is 6.61 Å². The summed E-state index contributed by atoms with van der Waals surface area (Å²) in [4.78, 5) is 0. The normalized spacial score (nSPS) is 17.7. The molecule has 0 spiro atoms. The van der Waals surface area contributed by atoms with Crippen molar-refractivity contribution in [2.45, 2.75) is 12.8 Å². The van der Waals surface area contributed by atoms with Crippen molar-refractivity contribution in [3.8, 4) is 0 Å². The molecule has 0 aromatic rings. The number of hydrogen-bond donors (Lipinski definition) is 2. The van der Waals surface area contributed by atoms with E-state index in [1.165, 1.54) is 18.8 Å². The Morgan fingerprint density at radius 2 is 2.20 bits per heavy atom. The van der Waals surface area contributed by atoms with E-state index in [-0.39, 0.29) is 6.61 Å². The van der Waals surface area contributed by atoms with Gasteiger partial charge in [0.25, 0.3) is 0 Å².